The molecule has 2 N–H and O–H groups in total. The highest BCUT2D eigenvalue weighted by atomic mass is 79.9. The maximum Gasteiger partial charge on any atom is 0.332 e. The maximum atomic E-state index is 10.6. The zero-order valence-electron chi connectivity index (χ0n) is 9.03. The van der Waals surface area contributed by atoms with Crippen LogP contribution in [0.5, 0.6) is 0 Å². The SMILES string of the molecule is C=C(CN[C@H](C)c1ccccc1Br)C(=O)O. The first-order chi connectivity index (χ1) is 7.52. The zero-order valence-corrected chi connectivity index (χ0v) is 10.6. The lowest BCUT2D eigenvalue weighted by Gasteiger charge is -2.15. The molecule has 0 saturated carbocycles. The van der Waals surface area contributed by atoms with Crippen molar-refractivity contribution in [1.82, 2.24) is 5.32 Å². The van der Waals surface area contributed by atoms with Gasteiger partial charge in [-0.05, 0) is 18.6 Å². The number of hydrogen-bond acceptors (Lipinski definition) is 2. The van der Waals surface area contributed by atoms with Crippen LogP contribution >= 0.6 is 15.9 Å². The van der Waals surface area contributed by atoms with Gasteiger partial charge in [0.1, 0.15) is 0 Å². The molecule has 0 aliphatic carbocycles. The van der Waals surface area contributed by atoms with Gasteiger partial charge in [0.05, 0.1) is 0 Å². The molecule has 0 saturated heterocycles. The quantitative estimate of drug-likeness (QED) is 0.817. The van der Waals surface area contributed by atoms with Gasteiger partial charge in [0.25, 0.3) is 0 Å². The van der Waals surface area contributed by atoms with E-state index in [-0.39, 0.29) is 18.2 Å². The zero-order chi connectivity index (χ0) is 12.1. The molecule has 0 unspecified atom stereocenters. The summed E-state index contributed by atoms with van der Waals surface area (Å²) in [5, 5.41) is 11.8. The third kappa shape index (κ3) is 3.47. The molecule has 0 radical (unpaired) electrons. The van der Waals surface area contributed by atoms with Crippen molar-refractivity contribution >= 4 is 21.9 Å². The highest BCUT2D eigenvalue weighted by Gasteiger charge is 2.10. The summed E-state index contributed by atoms with van der Waals surface area (Å²) in [5.74, 6) is -0.966. The van der Waals surface area contributed by atoms with Crippen LogP contribution < -0.4 is 5.32 Å². The molecule has 1 rings (SSSR count). The Kier molecular flexibility index (Phi) is 4.71. The first-order valence-electron chi connectivity index (χ1n) is 4.91. The molecule has 1 aromatic rings. The minimum atomic E-state index is -0.966. The molecule has 0 amide bonds. The monoisotopic (exact) mass is 283 g/mol. The van der Waals surface area contributed by atoms with E-state index in [1.54, 1.807) is 0 Å². The van der Waals surface area contributed by atoms with E-state index in [4.69, 9.17) is 5.11 Å². The first-order valence-corrected chi connectivity index (χ1v) is 5.70. The molecule has 0 spiro atoms. The number of rotatable bonds is 5. The molecule has 0 aliphatic heterocycles. The van der Waals surface area contributed by atoms with Crippen molar-refractivity contribution in [2.75, 3.05) is 6.54 Å². The number of carbonyl (C=O) groups is 1. The Labute approximate surface area is 103 Å². The van der Waals surface area contributed by atoms with Crippen molar-refractivity contribution < 1.29 is 9.90 Å². The van der Waals surface area contributed by atoms with Crippen LogP contribution in [0.25, 0.3) is 0 Å². The number of nitrogens with one attached hydrogen (secondary N) is 1. The Balaban J connectivity index is 2.60. The summed E-state index contributed by atoms with van der Waals surface area (Å²) in [4.78, 5) is 10.6. The lowest BCUT2D eigenvalue weighted by molar-refractivity contribution is -0.132. The van der Waals surface area contributed by atoms with E-state index < -0.39 is 5.97 Å². The summed E-state index contributed by atoms with van der Waals surface area (Å²) in [5.41, 5.74) is 1.26. The van der Waals surface area contributed by atoms with Crippen LogP contribution in [0, 0.1) is 0 Å². The number of carboxylic acid groups (broad SMARTS) is 1. The Bertz CT molecular complexity index is 404. The van der Waals surface area contributed by atoms with Crippen LogP contribution in [-0.2, 0) is 4.79 Å². The van der Waals surface area contributed by atoms with Gasteiger partial charge in [-0.1, -0.05) is 40.7 Å². The Morgan fingerprint density at radius 1 is 1.56 bits per heavy atom. The normalized spacial score (nSPS) is 12.1. The predicted octanol–water partition coefficient (Wildman–Crippen LogP) is 2.74. The fourth-order valence-corrected chi connectivity index (χ4v) is 1.92. The van der Waals surface area contributed by atoms with Gasteiger partial charge in [0.2, 0.25) is 0 Å². The third-order valence-electron chi connectivity index (χ3n) is 2.30. The average Bonchev–Trinajstić information content (AvgIpc) is 2.25. The summed E-state index contributed by atoms with van der Waals surface area (Å²) >= 11 is 3.45. The van der Waals surface area contributed by atoms with Crippen LogP contribution in [0.2, 0.25) is 0 Å². The number of carboxylic acids is 1. The van der Waals surface area contributed by atoms with Gasteiger partial charge in [0, 0.05) is 22.6 Å². The molecule has 0 heterocycles. The van der Waals surface area contributed by atoms with Crippen molar-refractivity contribution in [2.45, 2.75) is 13.0 Å². The highest BCUT2D eigenvalue weighted by Crippen LogP contribution is 2.22. The number of hydrogen-bond donors (Lipinski definition) is 2. The number of halogens is 1. The van der Waals surface area contributed by atoms with Crippen LogP contribution in [0.4, 0.5) is 0 Å². The summed E-state index contributed by atoms with van der Waals surface area (Å²) in [6.07, 6.45) is 0. The fraction of sp³-hybridized carbons (Fsp3) is 0.250. The van der Waals surface area contributed by atoms with E-state index in [1.807, 2.05) is 31.2 Å². The molecule has 16 heavy (non-hydrogen) atoms. The Hall–Kier alpha value is -1.13. The summed E-state index contributed by atoms with van der Waals surface area (Å²) in [7, 11) is 0. The summed E-state index contributed by atoms with van der Waals surface area (Å²) < 4.78 is 1.01. The molecule has 3 nitrogen and oxygen atoms in total. The van der Waals surface area contributed by atoms with Gasteiger partial charge in [0.15, 0.2) is 0 Å². The highest BCUT2D eigenvalue weighted by molar-refractivity contribution is 9.10. The van der Waals surface area contributed by atoms with Crippen molar-refractivity contribution in [3.05, 3.63) is 46.5 Å². The summed E-state index contributed by atoms with van der Waals surface area (Å²) in [6.45, 7) is 5.73. The molecule has 0 fully saturated rings. The fourth-order valence-electron chi connectivity index (χ4n) is 1.29. The van der Waals surface area contributed by atoms with Crippen molar-refractivity contribution in [1.29, 1.82) is 0 Å². The molecule has 4 heteroatoms. The van der Waals surface area contributed by atoms with Crippen molar-refractivity contribution in [2.24, 2.45) is 0 Å². The molecule has 1 atom stereocenters. The van der Waals surface area contributed by atoms with Crippen molar-refractivity contribution in [3.8, 4) is 0 Å². The molecule has 0 bridgehead atoms. The standard InChI is InChI=1S/C12H14BrNO2/c1-8(12(15)16)7-14-9(2)10-5-3-4-6-11(10)13/h3-6,9,14H,1,7H2,2H3,(H,15,16)/t9-/m1/s1. The van der Waals surface area contributed by atoms with Crippen LogP contribution in [0.1, 0.15) is 18.5 Å². The van der Waals surface area contributed by atoms with Gasteiger partial charge < -0.3 is 10.4 Å². The molecule has 86 valence electrons. The molecule has 1 aromatic carbocycles. The average molecular weight is 284 g/mol. The molecule has 0 aromatic heterocycles. The molecular formula is C12H14BrNO2. The van der Waals surface area contributed by atoms with E-state index in [2.05, 4.69) is 27.8 Å². The second-order valence-electron chi connectivity index (χ2n) is 3.53. The van der Waals surface area contributed by atoms with Gasteiger partial charge in [-0.2, -0.15) is 0 Å². The summed E-state index contributed by atoms with van der Waals surface area (Å²) in [6, 6.07) is 7.91. The van der Waals surface area contributed by atoms with Gasteiger partial charge in [-0.25, -0.2) is 4.79 Å². The minimum absolute atomic E-state index is 0.0756. The minimum Gasteiger partial charge on any atom is -0.478 e. The largest absolute Gasteiger partial charge is 0.478 e. The number of benzene rings is 1. The maximum absolute atomic E-state index is 10.6. The van der Waals surface area contributed by atoms with E-state index in [0.29, 0.717) is 0 Å². The second-order valence-corrected chi connectivity index (χ2v) is 4.39. The van der Waals surface area contributed by atoms with Crippen LogP contribution in [0.3, 0.4) is 0 Å². The van der Waals surface area contributed by atoms with Gasteiger partial charge in [-0.15, -0.1) is 0 Å². The van der Waals surface area contributed by atoms with Crippen molar-refractivity contribution in [3.63, 3.8) is 0 Å². The van der Waals surface area contributed by atoms with Crippen LogP contribution in [-0.4, -0.2) is 17.6 Å². The third-order valence-corrected chi connectivity index (χ3v) is 3.02. The molecule has 0 aliphatic rings. The molecular weight excluding hydrogens is 270 g/mol. The topological polar surface area (TPSA) is 49.3 Å². The van der Waals surface area contributed by atoms with E-state index in [9.17, 15) is 4.79 Å². The van der Waals surface area contributed by atoms with Crippen LogP contribution in [0.15, 0.2) is 40.9 Å². The van der Waals surface area contributed by atoms with E-state index >= 15 is 0 Å². The lowest BCUT2D eigenvalue weighted by atomic mass is 10.1. The van der Waals surface area contributed by atoms with Gasteiger partial charge in [-0.3, -0.25) is 0 Å². The van der Waals surface area contributed by atoms with E-state index in [0.717, 1.165) is 10.0 Å². The van der Waals surface area contributed by atoms with E-state index in [1.165, 1.54) is 0 Å². The Morgan fingerprint density at radius 2 is 2.19 bits per heavy atom. The number of aliphatic carboxylic acids is 1. The lowest BCUT2D eigenvalue weighted by Crippen LogP contribution is -2.23. The smallest absolute Gasteiger partial charge is 0.332 e. The second kappa shape index (κ2) is 5.82. The predicted molar refractivity (Wildman–Crippen MR) is 67.3 cm³/mol. The Morgan fingerprint density at radius 3 is 2.75 bits per heavy atom. The first kappa shape index (κ1) is 12.9. The van der Waals surface area contributed by atoms with Gasteiger partial charge >= 0.3 is 5.97 Å².